The Labute approximate surface area is 188 Å². The monoisotopic (exact) mass is 462 g/mol. The maximum atomic E-state index is 14.0. The molecule has 3 rings (SSSR count). The fourth-order valence-electron chi connectivity index (χ4n) is 3.37. The summed E-state index contributed by atoms with van der Waals surface area (Å²) >= 11 is 0. The Balaban J connectivity index is 1.90. The van der Waals surface area contributed by atoms with Crippen LogP contribution >= 0.6 is 0 Å². The molecule has 1 aromatic carbocycles. The number of methoxy groups -OCH3 is 1. The molecule has 1 atom stereocenters. The second kappa shape index (κ2) is 10.3. The largest absolute Gasteiger partial charge is 0.485 e. The fraction of sp³-hybridized carbons (Fsp3) is 0.318. The Morgan fingerprint density at radius 3 is 2.58 bits per heavy atom. The van der Waals surface area contributed by atoms with Crippen molar-refractivity contribution in [3.63, 3.8) is 0 Å². The van der Waals surface area contributed by atoms with Crippen LogP contribution in [0.15, 0.2) is 30.5 Å². The van der Waals surface area contributed by atoms with Crippen LogP contribution in [-0.4, -0.2) is 52.8 Å². The molecule has 0 saturated carbocycles. The average Bonchev–Trinajstić information content (AvgIpc) is 3.07. The molecular formula is C22H24F2N4O5. The molecule has 0 aliphatic rings. The SMILES string of the molecule is COCC(CNC(=O)O)NC(=O)c1c(C)nc2c(OCc3c(F)cccc3F)cc(C)cn12. The van der Waals surface area contributed by atoms with Gasteiger partial charge < -0.3 is 25.2 Å². The molecule has 33 heavy (non-hydrogen) atoms. The molecule has 2 aromatic heterocycles. The van der Waals surface area contributed by atoms with Crippen LogP contribution in [0.5, 0.6) is 5.75 Å². The number of aromatic nitrogens is 2. The molecule has 1 unspecified atom stereocenters. The first kappa shape index (κ1) is 23.9. The van der Waals surface area contributed by atoms with E-state index in [1.165, 1.54) is 17.6 Å². The number of fused-ring (bicyclic) bond motifs is 1. The highest BCUT2D eigenvalue weighted by atomic mass is 19.1. The predicted octanol–water partition coefficient (Wildman–Crippen LogP) is 2.82. The van der Waals surface area contributed by atoms with Gasteiger partial charge in [-0.15, -0.1) is 0 Å². The lowest BCUT2D eigenvalue weighted by Crippen LogP contribution is -2.46. The highest BCUT2D eigenvalue weighted by Gasteiger charge is 2.23. The van der Waals surface area contributed by atoms with Crippen molar-refractivity contribution < 1.29 is 33.0 Å². The number of halogens is 2. The molecular weight excluding hydrogens is 438 g/mol. The van der Waals surface area contributed by atoms with Crippen molar-refractivity contribution in [3.8, 4) is 5.75 Å². The van der Waals surface area contributed by atoms with Gasteiger partial charge in [0.25, 0.3) is 5.91 Å². The Kier molecular flexibility index (Phi) is 7.44. The number of amides is 2. The van der Waals surface area contributed by atoms with E-state index in [9.17, 15) is 18.4 Å². The van der Waals surface area contributed by atoms with Gasteiger partial charge >= 0.3 is 6.09 Å². The number of rotatable bonds is 9. The maximum Gasteiger partial charge on any atom is 0.404 e. The maximum absolute atomic E-state index is 14.0. The highest BCUT2D eigenvalue weighted by molar-refractivity contribution is 5.95. The van der Waals surface area contributed by atoms with Crippen LogP contribution in [0.25, 0.3) is 5.65 Å². The van der Waals surface area contributed by atoms with E-state index in [2.05, 4.69) is 15.6 Å². The predicted molar refractivity (Wildman–Crippen MR) is 115 cm³/mol. The zero-order chi connectivity index (χ0) is 24.1. The van der Waals surface area contributed by atoms with Crippen LogP contribution in [0.1, 0.15) is 27.3 Å². The summed E-state index contributed by atoms with van der Waals surface area (Å²) in [7, 11) is 1.44. The summed E-state index contributed by atoms with van der Waals surface area (Å²) < 4.78 is 40.2. The summed E-state index contributed by atoms with van der Waals surface area (Å²) in [5.74, 6) is -1.69. The standard InChI is InChI=1S/C22H24F2N4O5/c1-12-7-18(33-11-15-16(23)5-4-6-17(15)24)20-26-13(2)19(28(20)9-12)21(29)27-14(10-32-3)8-25-22(30)31/h4-7,9,14,25H,8,10-11H2,1-3H3,(H,27,29)(H,30,31). The van der Waals surface area contributed by atoms with Crippen LogP contribution in [0.3, 0.4) is 0 Å². The summed E-state index contributed by atoms with van der Waals surface area (Å²) in [6.07, 6.45) is 0.460. The van der Waals surface area contributed by atoms with Crippen LogP contribution in [-0.2, 0) is 11.3 Å². The van der Waals surface area contributed by atoms with Gasteiger partial charge in [-0.25, -0.2) is 18.6 Å². The molecule has 2 heterocycles. The van der Waals surface area contributed by atoms with Gasteiger partial charge in [-0.2, -0.15) is 0 Å². The third-order valence-electron chi connectivity index (χ3n) is 4.85. The second-order valence-corrected chi connectivity index (χ2v) is 7.42. The average molecular weight is 462 g/mol. The molecule has 0 saturated heterocycles. The molecule has 2 amide bonds. The van der Waals surface area contributed by atoms with Gasteiger partial charge in [0.2, 0.25) is 0 Å². The zero-order valence-corrected chi connectivity index (χ0v) is 18.3. The van der Waals surface area contributed by atoms with Crippen molar-refractivity contribution in [2.24, 2.45) is 0 Å². The quantitative estimate of drug-likeness (QED) is 0.451. The number of carbonyl (C=O) groups is 2. The number of imidazole rings is 1. The Morgan fingerprint density at radius 1 is 1.24 bits per heavy atom. The molecule has 0 fully saturated rings. The Bertz CT molecular complexity index is 1160. The number of benzene rings is 1. The van der Waals surface area contributed by atoms with Crippen LogP contribution < -0.4 is 15.4 Å². The van der Waals surface area contributed by atoms with E-state index in [0.29, 0.717) is 11.3 Å². The van der Waals surface area contributed by atoms with E-state index in [-0.39, 0.29) is 36.8 Å². The Hall–Kier alpha value is -3.73. The second-order valence-electron chi connectivity index (χ2n) is 7.42. The first-order chi connectivity index (χ1) is 15.7. The molecule has 11 heteroatoms. The molecule has 3 N–H and O–H groups in total. The summed E-state index contributed by atoms with van der Waals surface area (Å²) in [6, 6.07) is 4.60. The first-order valence-electron chi connectivity index (χ1n) is 10.0. The lowest BCUT2D eigenvalue weighted by molar-refractivity contribution is 0.0887. The van der Waals surface area contributed by atoms with Crippen LogP contribution in [0.4, 0.5) is 13.6 Å². The highest BCUT2D eigenvalue weighted by Crippen LogP contribution is 2.26. The van der Waals surface area contributed by atoms with Crippen LogP contribution in [0, 0.1) is 25.5 Å². The molecule has 0 aliphatic carbocycles. The summed E-state index contributed by atoms with van der Waals surface area (Å²) in [5.41, 5.74) is 1.41. The minimum absolute atomic E-state index is 0.0493. The first-order valence-corrected chi connectivity index (χ1v) is 10.0. The van der Waals surface area contributed by atoms with Gasteiger partial charge in [0.05, 0.1) is 23.9 Å². The summed E-state index contributed by atoms with van der Waals surface area (Å²) in [4.78, 5) is 28.2. The van der Waals surface area contributed by atoms with Crippen molar-refractivity contribution in [1.29, 1.82) is 0 Å². The number of ether oxygens (including phenoxy) is 2. The van der Waals surface area contributed by atoms with E-state index < -0.39 is 29.7 Å². The Morgan fingerprint density at radius 2 is 1.94 bits per heavy atom. The van der Waals surface area contributed by atoms with E-state index in [4.69, 9.17) is 14.6 Å². The van der Waals surface area contributed by atoms with E-state index >= 15 is 0 Å². The molecule has 176 valence electrons. The van der Waals surface area contributed by atoms with Gasteiger partial charge in [0.15, 0.2) is 11.4 Å². The molecule has 0 spiro atoms. The van der Waals surface area contributed by atoms with E-state index in [0.717, 1.165) is 17.7 Å². The minimum atomic E-state index is -1.22. The number of nitrogens with one attached hydrogen (secondary N) is 2. The van der Waals surface area contributed by atoms with Crippen molar-refractivity contribution >= 4 is 17.6 Å². The van der Waals surface area contributed by atoms with Crippen molar-refractivity contribution in [2.45, 2.75) is 26.5 Å². The number of carbonyl (C=O) groups excluding carboxylic acids is 1. The number of hydrogen-bond acceptors (Lipinski definition) is 5. The van der Waals surface area contributed by atoms with Crippen molar-refractivity contribution in [2.75, 3.05) is 20.3 Å². The fourth-order valence-corrected chi connectivity index (χ4v) is 3.37. The normalized spacial score (nSPS) is 11.9. The number of nitrogens with zero attached hydrogens (tertiary/aromatic N) is 2. The number of aryl methyl sites for hydroxylation is 2. The number of pyridine rings is 1. The van der Waals surface area contributed by atoms with Crippen molar-refractivity contribution in [1.82, 2.24) is 20.0 Å². The number of hydrogen-bond donors (Lipinski definition) is 3. The molecule has 0 bridgehead atoms. The zero-order valence-electron chi connectivity index (χ0n) is 18.3. The minimum Gasteiger partial charge on any atom is -0.485 e. The van der Waals surface area contributed by atoms with E-state index in [1.54, 1.807) is 26.1 Å². The molecule has 0 radical (unpaired) electrons. The van der Waals surface area contributed by atoms with E-state index in [1.807, 2.05) is 0 Å². The topological polar surface area (TPSA) is 114 Å². The smallest absolute Gasteiger partial charge is 0.404 e. The van der Waals surface area contributed by atoms with Gasteiger partial charge in [0, 0.05) is 19.9 Å². The lowest BCUT2D eigenvalue weighted by atomic mass is 10.2. The third-order valence-corrected chi connectivity index (χ3v) is 4.85. The third kappa shape index (κ3) is 5.55. The van der Waals surface area contributed by atoms with Gasteiger partial charge in [-0.05, 0) is 37.6 Å². The molecule has 3 aromatic rings. The van der Waals surface area contributed by atoms with Gasteiger partial charge in [0.1, 0.15) is 23.9 Å². The molecule has 9 nitrogen and oxygen atoms in total. The lowest BCUT2D eigenvalue weighted by Gasteiger charge is -2.18. The van der Waals surface area contributed by atoms with Crippen LogP contribution in [0.2, 0.25) is 0 Å². The van der Waals surface area contributed by atoms with Gasteiger partial charge in [-0.1, -0.05) is 6.07 Å². The van der Waals surface area contributed by atoms with Gasteiger partial charge in [-0.3, -0.25) is 9.20 Å². The number of carboxylic acid groups (broad SMARTS) is 1. The van der Waals surface area contributed by atoms with Crippen molar-refractivity contribution in [3.05, 3.63) is 64.6 Å². The molecule has 0 aliphatic heterocycles. The summed E-state index contributed by atoms with van der Waals surface area (Å²) in [5, 5.41) is 13.8. The summed E-state index contributed by atoms with van der Waals surface area (Å²) in [6.45, 7) is 3.09.